The first kappa shape index (κ1) is 12.6. The van der Waals surface area contributed by atoms with Crippen molar-refractivity contribution >= 4 is 11.3 Å². The zero-order valence-electron chi connectivity index (χ0n) is 11.2. The lowest BCUT2D eigenvalue weighted by molar-refractivity contribution is 0.267. The van der Waals surface area contributed by atoms with E-state index in [4.69, 9.17) is 4.98 Å². The Morgan fingerprint density at radius 2 is 2.44 bits per heavy atom. The monoisotopic (exact) mass is 265 g/mol. The molecule has 0 radical (unpaired) electrons. The molecule has 2 fully saturated rings. The molecule has 18 heavy (non-hydrogen) atoms. The minimum Gasteiger partial charge on any atom is -0.316 e. The van der Waals surface area contributed by atoms with Crippen LogP contribution in [0.25, 0.3) is 0 Å². The van der Waals surface area contributed by atoms with E-state index in [1.807, 2.05) is 11.3 Å². The average molecular weight is 265 g/mol. The van der Waals surface area contributed by atoms with Crippen molar-refractivity contribution in [3.05, 3.63) is 16.1 Å². The summed E-state index contributed by atoms with van der Waals surface area (Å²) in [4.78, 5) is 7.33. The summed E-state index contributed by atoms with van der Waals surface area (Å²) in [5, 5.41) is 7.08. The molecular weight excluding hydrogens is 242 g/mol. The van der Waals surface area contributed by atoms with Crippen LogP contribution in [0.5, 0.6) is 0 Å². The second kappa shape index (κ2) is 5.27. The molecule has 2 aliphatic rings. The fraction of sp³-hybridized carbons (Fsp3) is 0.786. The van der Waals surface area contributed by atoms with Gasteiger partial charge in [0.25, 0.3) is 0 Å². The Morgan fingerprint density at radius 3 is 3.22 bits per heavy atom. The van der Waals surface area contributed by atoms with Crippen LogP contribution >= 0.6 is 11.3 Å². The molecule has 100 valence electrons. The van der Waals surface area contributed by atoms with Gasteiger partial charge in [0.1, 0.15) is 0 Å². The van der Waals surface area contributed by atoms with Crippen LogP contribution in [0.15, 0.2) is 5.38 Å². The molecule has 1 aromatic rings. The van der Waals surface area contributed by atoms with Crippen molar-refractivity contribution in [1.82, 2.24) is 15.2 Å². The van der Waals surface area contributed by atoms with E-state index in [-0.39, 0.29) is 0 Å². The first-order valence-electron chi connectivity index (χ1n) is 7.16. The van der Waals surface area contributed by atoms with Crippen molar-refractivity contribution in [2.24, 2.45) is 5.41 Å². The van der Waals surface area contributed by atoms with Gasteiger partial charge in [-0.2, -0.15) is 0 Å². The Bertz CT molecular complexity index is 395. The molecule has 1 spiro atoms. The van der Waals surface area contributed by atoms with E-state index in [2.05, 4.69) is 22.5 Å². The lowest BCUT2D eigenvalue weighted by Crippen LogP contribution is -2.29. The zero-order valence-corrected chi connectivity index (χ0v) is 12.1. The van der Waals surface area contributed by atoms with Crippen molar-refractivity contribution in [2.45, 2.75) is 39.2 Å². The van der Waals surface area contributed by atoms with E-state index in [1.165, 1.54) is 56.1 Å². The van der Waals surface area contributed by atoms with Gasteiger partial charge < -0.3 is 5.32 Å². The van der Waals surface area contributed by atoms with E-state index < -0.39 is 0 Å². The number of hydrogen-bond donors (Lipinski definition) is 1. The third-order valence-electron chi connectivity index (χ3n) is 4.30. The lowest BCUT2D eigenvalue weighted by atomic mass is 9.87. The second-order valence-electron chi connectivity index (χ2n) is 5.87. The van der Waals surface area contributed by atoms with Crippen LogP contribution in [0.1, 0.15) is 36.9 Å². The molecule has 1 aromatic heterocycles. The topological polar surface area (TPSA) is 28.2 Å². The van der Waals surface area contributed by atoms with Gasteiger partial charge in [-0.05, 0) is 44.2 Å². The van der Waals surface area contributed by atoms with Gasteiger partial charge in [-0.25, -0.2) is 4.98 Å². The summed E-state index contributed by atoms with van der Waals surface area (Å²) in [6.07, 6.45) is 5.07. The smallest absolute Gasteiger partial charge is 0.0928 e. The van der Waals surface area contributed by atoms with Gasteiger partial charge in [-0.15, -0.1) is 11.3 Å². The van der Waals surface area contributed by atoms with Crippen molar-refractivity contribution in [1.29, 1.82) is 0 Å². The SMILES string of the molecule is CCCc1nc(CN2CCC3(CCNC3)C2)cs1. The molecular formula is C14H23N3S. The first-order chi connectivity index (χ1) is 8.80. The number of likely N-dealkylation sites (tertiary alicyclic amines) is 1. The number of nitrogens with one attached hydrogen (secondary N) is 1. The minimum absolute atomic E-state index is 0.586. The van der Waals surface area contributed by atoms with Gasteiger partial charge in [-0.1, -0.05) is 6.92 Å². The quantitative estimate of drug-likeness (QED) is 0.905. The summed E-state index contributed by atoms with van der Waals surface area (Å²) in [5.74, 6) is 0. The Morgan fingerprint density at radius 1 is 1.50 bits per heavy atom. The number of aryl methyl sites for hydroxylation is 1. The number of nitrogens with zero attached hydrogens (tertiary/aromatic N) is 2. The van der Waals surface area contributed by atoms with Crippen molar-refractivity contribution < 1.29 is 0 Å². The maximum Gasteiger partial charge on any atom is 0.0928 e. The maximum absolute atomic E-state index is 4.74. The van der Waals surface area contributed by atoms with Crippen LogP contribution in [0.3, 0.4) is 0 Å². The van der Waals surface area contributed by atoms with Crippen LogP contribution in [-0.2, 0) is 13.0 Å². The summed E-state index contributed by atoms with van der Waals surface area (Å²) >= 11 is 1.83. The normalized spacial score (nSPS) is 28.5. The number of thiazole rings is 1. The molecule has 2 saturated heterocycles. The fourth-order valence-electron chi connectivity index (χ4n) is 3.29. The van der Waals surface area contributed by atoms with Gasteiger partial charge in [0.15, 0.2) is 0 Å². The third-order valence-corrected chi connectivity index (χ3v) is 5.26. The van der Waals surface area contributed by atoms with Crippen LogP contribution in [0.4, 0.5) is 0 Å². The Balaban J connectivity index is 1.56. The summed E-state index contributed by atoms with van der Waals surface area (Å²) < 4.78 is 0. The molecule has 0 amide bonds. The lowest BCUT2D eigenvalue weighted by Gasteiger charge is -2.22. The van der Waals surface area contributed by atoms with Crippen molar-refractivity contribution in [2.75, 3.05) is 26.2 Å². The predicted octanol–water partition coefficient (Wildman–Crippen LogP) is 2.28. The van der Waals surface area contributed by atoms with E-state index in [9.17, 15) is 0 Å². The standard InChI is InChI=1S/C14H23N3S/c1-2-3-13-16-12(9-18-13)8-17-7-5-14(11-17)4-6-15-10-14/h9,15H,2-8,10-11H2,1H3. The second-order valence-corrected chi connectivity index (χ2v) is 6.81. The van der Waals surface area contributed by atoms with E-state index >= 15 is 0 Å². The van der Waals surface area contributed by atoms with Crippen molar-refractivity contribution in [3.63, 3.8) is 0 Å². The minimum atomic E-state index is 0.586. The van der Waals surface area contributed by atoms with Gasteiger partial charge in [-0.3, -0.25) is 4.90 Å². The summed E-state index contributed by atoms with van der Waals surface area (Å²) in [6.45, 7) is 8.23. The average Bonchev–Trinajstić information content (AvgIpc) is 3.06. The van der Waals surface area contributed by atoms with Gasteiger partial charge >= 0.3 is 0 Å². The third kappa shape index (κ3) is 2.60. The van der Waals surface area contributed by atoms with Crippen LogP contribution in [0.2, 0.25) is 0 Å². The highest BCUT2D eigenvalue weighted by Crippen LogP contribution is 2.36. The molecule has 2 aliphatic heterocycles. The number of aromatic nitrogens is 1. The Labute approximate surface area is 114 Å². The van der Waals surface area contributed by atoms with Crippen molar-refractivity contribution in [3.8, 4) is 0 Å². The molecule has 3 rings (SSSR count). The molecule has 4 heteroatoms. The molecule has 1 atom stereocenters. The highest BCUT2D eigenvalue weighted by atomic mass is 32.1. The van der Waals surface area contributed by atoms with E-state index in [0.29, 0.717) is 5.41 Å². The molecule has 3 heterocycles. The van der Waals surface area contributed by atoms with Crippen LogP contribution in [0, 0.1) is 5.41 Å². The van der Waals surface area contributed by atoms with Crippen LogP contribution < -0.4 is 5.32 Å². The molecule has 0 saturated carbocycles. The largest absolute Gasteiger partial charge is 0.316 e. The summed E-state index contributed by atoms with van der Waals surface area (Å²) in [5.41, 5.74) is 1.87. The molecule has 1 unspecified atom stereocenters. The first-order valence-corrected chi connectivity index (χ1v) is 8.04. The van der Waals surface area contributed by atoms with Gasteiger partial charge in [0.05, 0.1) is 10.7 Å². The molecule has 0 aromatic carbocycles. The van der Waals surface area contributed by atoms with Gasteiger partial charge in [0.2, 0.25) is 0 Å². The predicted molar refractivity (Wildman–Crippen MR) is 75.9 cm³/mol. The van der Waals surface area contributed by atoms with Gasteiger partial charge in [0, 0.05) is 25.0 Å². The number of hydrogen-bond acceptors (Lipinski definition) is 4. The Kier molecular flexibility index (Phi) is 3.68. The maximum atomic E-state index is 4.74. The fourth-order valence-corrected chi connectivity index (χ4v) is 4.18. The van der Waals surface area contributed by atoms with Crippen LogP contribution in [-0.4, -0.2) is 36.1 Å². The summed E-state index contributed by atoms with van der Waals surface area (Å²) in [7, 11) is 0. The molecule has 0 bridgehead atoms. The number of rotatable bonds is 4. The Hall–Kier alpha value is -0.450. The highest BCUT2D eigenvalue weighted by molar-refractivity contribution is 7.09. The summed E-state index contributed by atoms with van der Waals surface area (Å²) in [6, 6.07) is 0. The molecule has 1 N–H and O–H groups in total. The van der Waals surface area contributed by atoms with E-state index in [1.54, 1.807) is 0 Å². The molecule has 3 nitrogen and oxygen atoms in total. The highest BCUT2D eigenvalue weighted by Gasteiger charge is 2.40. The van der Waals surface area contributed by atoms with E-state index in [0.717, 1.165) is 13.0 Å². The zero-order chi connectivity index (χ0) is 12.4. The molecule has 0 aliphatic carbocycles.